The fourth-order valence-corrected chi connectivity index (χ4v) is 2.94. The molecule has 0 saturated carbocycles. The maximum Gasteiger partial charge on any atom is 0.267 e. The Morgan fingerprint density at radius 2 is 1.96 bits per heavy atom. The van der Waals surface area contributed by atoms with Crippen LogP contribution in [0.15, 0.2) is 30.3 Å². The first-order valence-electron chi connectivity index (χ1n) is 8.40. The van der Waals surface area contributed by atoms with E-state index in [2.05, 4.69) is 10.2 Å². The zero-order valence-corrected chi connectivity index (χ0v) is 14.7. The number of para-hydroxylation sites is 1. The summed E-state index contributed by atoms with van der Waals surface area (Å²) in [6.45, 7) is 2.08. The third kappa shape index (κ3) is 5.88. The summed E-state index contributed by atoms with van der Waals surface area (Å²) < 4.78 is 0. The van der Waals surface area contributed by atoms with Gasteiger partial charge in [-0.1, -0.05) is 18.2 Å². The van der Waals surface area contributed by atoms with Crippen molar-refractivity contribution in [1.29, 1.82) is 0 Å². The van der Waals surface area contributed by atoms with E-state index >= 15 is 0 Å². The standard InChI is InChI=1S/C18H26N4O3/c1-21(2)13-18(24)19-15-9-11-22(12-10-15)16-6-4-3-5-14(16)7-8-17(23)20-25/h3-8,15,25H,9-13H2,1-2H3,(H,19,24)(H,20,23)/b8-7+. The Hall–Kier alpha value is -2.38. The minimum Gasteiger partial charge on any atom is -0.371 e. The quantitative estimate of drug-likeness (QED) is 0.404. The molecule has 1 fully saturated rings. The first-order valence-corrected chi connectivity index (χ1v) is 8.40. The molecule has 1 aromatic rings. The zero-order chi connectivity index (χ0) is 18.2. The van der Waals surface area contributed by atoms with Crippen molar-refractivity contribution < 1.29 is 14.8 Å². The molecule has 0 spiro atoms. The summed E-state index contributed by atoms with van der Waals surface area (Å²) in [5, 5.41) is 11.7. The van der Waals surface area contributed by atoms with Crippen LogP contribution in [0.4, 0.5) is 5.69 Å². The smallest absolute Gasteiger partial charge is 0.267 e. The summed E-state index contributed by atoms with van der Waals surface area (Å²) in [6.07, 6.45) is 4.75. The lowest BCUT2D eigenvalue weighted by atomic mass is 10.0. The predicted molar refractivity (Wildman–Crippen MR) is 97.3 cm³/mol. The Balaban J connectivity index is 1.95. The van der Waals surface area contributed by atoms with Crippen LogP contribution in [0.3, 0.4) is 0 Å². The second kappa shape index (κ2) is 9.19. The summed E-state index contributed by atoms with van der Waals surface area (Å²) >= 11 is 0. The number of likely N-dealkylation sites (N-methyl/N-ethyl adjacent to an activating group) is 1. The lowest BCUT2D eigenvalue weighted by Gasteiger charge is -2.35. The van der Waals surface area contributed by atoms with Crippen LogP contribution in [0, 0.1) is 0 Å². The maximum atomic E-state index is 11.9. The molecule has 1 heterocycles. The van der Waals surface area contributed by atoms with E-state index in [0.717, 1.165) is 37.2 Å². The second-order valence-corrected chi connectivity index (χ2v) is 6.43. The van der Waals surface area contributed by atoms with Gasteiger partial charge in [0.05, 0.1) is 6.54 Å². The van der Waals surface area contributed by atoms with Crippen molar-refractivity contribution in [3.05, 3.63) is 35.9 Å². The lowest BCUT2D eigenvalue weighted by Crippen LogP contribution is -2.46. The number of anilines is 1. The Morgan fingerprint density at radius 1 is 1.28 bits per heavy atom. The molecule has 3 N–H and O–H groups in total. The molecule has 2 amide bonds. The zero-order valence-electron chi connectivity index (χ0n) is 14.7. The summed E-state index contributed by atoms with van der Waals surface area (Å²) in [6, 6.07) is 8.02. The van der Waals surface area contributed by atoms with Gasteiger partial charge in [0, 0.05) is 30.9 Å². The molecule has 0 unspecified atom stereocenters. The van der Waals surface area contributed by atoms with Crippen LogP contribution in [0.2, 0.25) is 0 Å². The molecule has 136 valence electrons. The number of hydrogen-bond donors (Lipinski definition) is 3. The average Bonchev–Trinajstić information content (AvgIpc) is 2.60. The second-order valence-electron chi connectivity index (χ2n) is 6.43. The van der Waals surface area contributed by atoms with E-state index in [9.17, 15) is 9.59 Å². The Morgan fingerprint density at radius 3 is 2.60 bits per heavy atom. The van der Waals surface area contributed by atoms with Crippen LogP contribution in [0.1, 0.15) is 18.4 Å². The van der Waals surface area contributed by atoms with Gasteiger partial charge in [-0.3, -0.25) is 14.8 Å². The molecule has 0 bridgehead atoms. The van der Waals surface area contributed by atoms with Crippen molar-refractivity contribution in [3.63, 3.8) is 0 Å². The van der Waals surface area contributed by atoms with E-state index in [1.165, 1.54) is 6.08 Å². The Kier molecular flexibility index (Phi) is 6.97. The molecule has 0 atom stereocenters. The van der Waals surface area contributed by atoms with E-state index in [4.69, 9.17) is 5.21 Å². The van der Waals surface area contributed by atoms with E-state index in [0.29, 0.717) is 6.54 Å². The number of nitrogens with one attached hydrogen (secondary N) is 2. The molecule has 1 aliphatic heterocycles. The molecule has 7 nitrogen and oxygen atoms in total. The van der Waals surface area contributed by atoms with Gasteiger partial charge in [0.25, 0.3) is 5.91 Å². The van der Waals surface area contributed by atoms with Crippen LogP contribution >= 0.6 is 0 Å². The number of nitrogens with zero attached hydrogens (tertiary/aromatic N) is 2. The number of carbonyl (C=O) groups excluding carboxylic acids is 2. The van der Waals surface area contributed by atoms with Gasteiger partial charge in [-0.05, 0) is 44.6 Å². The monoisotopic (exact) mass is 346 g/mol. The van der Waals surface area contributed by atoms with Gasteiger partial charge in [-0.2, -0.15) is 0 Å². The molecular formula is C18H26N4O3. The number of rotatable bonds is 6. The first kappa shape index (κ1) is 19.0. The highest BCUT2D eigenvalue weighted by Crippen LogP contribution is 2.25. The molecule has 1 aromatic carbocycles. The number of hydrogen-bond acceptors (Lipinski definition) is 5. The normalized spacial score (nSPS) is 15.6. The molecule has 7 heteroatoms. The van der Waals surface area contributed by atoms with Gasteiger partial charge < -0.3 is 15.1 Å². The molecule has 1 saturated heterocycles. The lowest BCUT2D eigenvalue weighted by molar-refractivity contribution is -0.124. The van der Waals surface area contributed by atoms with Crippen molar-refractivity contribution in [2.45, 2.75) is 18.9 Å². The third-order valence-corrected chi connectivity index (χ3v) is 4.12. The van der Waals surface area contributed by atoms with Crippen molar-refractivity contribution in [3.8, 4) is 0 Å². The number of hydroxylamine groups is 1. The first-order chi connectivity index (χ1) is 12.0. The number of carbonyl (C=O) groups is 2. The highest BCUT2D eigenvalue weighted by molar-refractivity contribution is 5.91. The Bertz CT molecular complexity index is 623. The van der Waals surface area contributed by atoms with Crippen LogP contribution in [-0.2, 0) is 9.59 Å². The third-order valence-electron chi connectivity index (χ3n) is 4.12. The largest absolute Gasteiger partial charge is 0.371 e. The predicted octanol–water partition coefficient (Wildman–Crippen LogP) is 0.852. The van der Waals surface area contributed by atoms with E-state index in [1.807, 2.05) is 43.3 Å². The molecule has 0 aromatic heterocycles. The summed E-state index contributed by atoms with van der Waals surface area (Å²) in [4.78, 5) is 27.2. The fraction of sp³-hybridized carbons (Fsp3) is 0.444. The number of benzene rings is 1. The highest BCUT2D eigenvalue weighted by Gasteiger charge is 2.21. The van der Waals surface area contributed by atoms with Gasteiger partial charge in [-0.25, -0.2) is 5.48 Å². The fourth-order valence-electron chi connectivity index (χ4n) is 2.94. The highest BCUT2D eigenvalue weighted by atomic mass is 16.5. The van der Waals surface area contributed by atoms with Crippen LogP contribution in [0.25, 0.3) is 6.08 Å². The molecule has 0 radical (unpaired) electrons. The van der Waals surface area contributed by atoms with E-state index < -0.39 is 5.91 Å². The Labute approximate surface area is 148 Å². The summed E-state index contributed by atoms with van der Waals surface area (Å²) in [7, 11) is 3.76. The maximum absolute atomic E-state index is 11.9. The molecule has 25 heavy (non-hydrogen) atoms. The van der Waals surface area contributed by atoms with Gasteiger partial charge in [0.1, 0.15) is 0 Å². The van der Waals surface area contributed by atoms with E-state index in [-0.39, 0.29) is 11.9 Å². The van der Waals surface area contributed by atoms with Gasteiger partial charge in [-0.15, -0.1) is 0 Å². The average molecular weight is 346 g/mol. The number of piperidine rings is 1. The minimum atomic E-state index is -0.558. The molecule has 2 rings (SSSR count). The van der Waals surface area contributed by atoms with Gasteiger partial charge >= 0.3 is 0 Å². The SMILES string of the molecule is CN(C)CC(=O)NC1CCN(c2ccccc2/C=C/C(=O)NO)CC1. The molecular weight excluding hydrogens is 320 g/mol. The number of amides is 2. The molecule has 0 aliphatic carbocycles. The minimum absolute atomic E-state index is 0.0572. The summed E-state index contributed by atoms with van der Waals surface area (Å²) in [5.41, 5.74) is 3.55. The molecule has 1 aliphatic rings. The topological polar surface area (TPSA) is 84.9 Å². The van der Waals surface area contributed by atoms with Crippen molar-refractivity contribution in [1.82, 2.24) is 15.7 Å². The van der Waals surface area contributed by atoms with Crippen molar-refractivity contribution >= 4 is 23.6 Å². The van der Waals surface area contributed by atoms with Gasteiger partial charge in [0.15, 0.2) is 0 Å². The summed E-state index contributed by atoms with van der Waals surface area (Å²) in [5.74, 6) is -0.501. The van der Waals surface area contributed by atoms with E-state index in [1.54, 1.807) is 11.6 Å². The van der Waals surface area contributed by atoms with Crippen molar-refractivity contribution in [2.75, 3.05) is 38.6 Å². The van der Waals surface area contributed by atoms with Gasteiger partial charge in [0.2, 0.25) is 5.91 Å². The van der Waals surface area contributed by atoms with Crippen LogP contribution in [0.5, 0.6) is 0 Å². The van der Waals surface area contributed by atoms with Crippen molar-refractivity contribution in [2.24, 2.45) is 0 Å². The van der Waals surface area contributed by atoms with Crippen LogP contribution in [-0.4, -0.2) is 61.7 Å². The van der Waals surface area contributed by atoms with Crippen LogP contribution < -0.4 is 15.7 Å².